The van der Waals surface area contributed by atoms with Crippen molar-refractivity contribution in [2.45, 2.75) is 6.04 Å². The van der Waals surface area contributed by atoms with Crippen molar-refractivity contribution >= 4 is 31.9 Å². The first kappa shape index (κ1) is 13.6. The normalized spacial score (nSPS) is 12.4. The van der Waals surface area contributed by atoms with Gasteiger partial charge in [0, 0.05) is 20.7 Å². The zero-order valence-electron chi connectivity index (χ0n) is 9.20. The average Bonchev–Trinajstić information content (AvgIpc) is 2.31. The van der Waals surface area contributed by atoms with E-state index in [-0.39, 0.29) is 0 Å². The van der Waals surface area contributed by atoms with Gasteiger partial charge in [0.15, 0.2) is 0 Å². The van der Waals surface area contributed by atoms with Crippen molar-refractivity contribution in [3.05, 3.63) is 62.5 Å². The molecule has 0 saturated heterocycles. The second-order valence-electron chi connectivity index (χ2n) is 3.70. The lowest BCUT2D eigenvalue weighted by Gasteiger charge is -2.18. The molecule has 2 aromatic rings. The number of halogens is 3. The number of aromatic nitrogens is 1. The zero-order valence-corrected chi connectivity index (χ0v) is 12.4. The van der Waals surface area contributed by atoms with Gasteiger partial charge in [-0.15, -0.1) is 0 Å². The second-order valence-corrected chi connectivity index (χ2v) is 5.53. The van der Waals surface area contributed by atoms with Crippen LogP contribution in [0.4, 0.5) is 4.39 Å². The number of nitrogens with two attached hydrogens (primary N) is 1. The molecule has 94 valence electrons. The van der Waals surface area contributed by atoms with Crippen LogP contribution in [0.15, 0.2) is 45.6 Å². The molecule has 1 aromatic carbocycles. The third-order valence-corrected chi connectivity index (χ3v) is 3.42. The van der Waals surface area contributed by atoms with Gasteiger partial charge in [-0.05, 0) is 29.8 Å². The molecule has 0 fully saturated rings. The molecule has 1 aromatic heterocycles. The first-order valence-corrected chi connectivity index (χ1v) is 6.72. The lowest BCUT2D eigenvalue weighted by atomic mass is 10.00. The molecule has 0 radical (unpaired) electrons. The molecule has 0 aliphatic heterocycles. The molecule has 18 heavy (non-hydrogen) atoms. The minimum absolute atomic E-state index is 0.392. The Morgan fingerprint density at radius 3 is 2.44 bits per heavy atom. The van der Waals surface area contributed by atoms with Crippen molar-refractivity contribution in [1.82, 2.24) is 10.4 Å². The molecule has 2 rings (SSSR count). The van der Waals surface area contributed by atoms with Gasteiger partial charge in [-0.1, -0.05) is 31.9 Å². The molecule has 1 unspecified atom stereocenters. The van der Waals surface area contributed by atoms with Crippen LogP contribution in [0.1, 0.15) is 17.2 Å². The molecule has 0 spiro atoms. The highest BCUT2D eigenvalue weighted by atomic mass is 79.9. The van der Waals surface area contributed by atoms with Gasteiger partial charge in [-0.2, -0.15) is 0 Å². The predicted octanol–water partition coefficient (Wildman–Crippen LogP) is 3.30. The number of hydrogen-bond donors (Lipinski definition) is 2. The lowest BCUT2D eigenvalue weighted by molar-refractivity contribution is 0.555. The van der Waals surface area contributed by atoms with Gasteiger partial charge in [0.1, 0.15) is 5.82 Å². The van der Waals surface area contributed by atoms with Gasteiger partial charge in [0.05, 0.1) is 12.2 Å². The molecule has 0 bridgehead atoms. The summed E-state index contributed by atoms with van der Waals surface area (Å²) in [6.45, 7) is 0. The average molecular weight is 375 g/mol. The summed E-state index contributed by atoms with van der Waals surface area (Å²) in [6.07, 6.45) is 2.71. The maximum Gasteiger partial charge on any atom is 0.146 e. The molecular weight excluding hydrogens is 365 g/mol. The molecular formula is C12H10Br2FN3. The van der Waals surface area contributed by atoms with Gasteiger partial charge >= 0.3 is 0 Å². The Labute approximate surface area is 121 Å². The van der Waals surface area contributed by atoms with Crippen molar-refractivity contribution in [2.24, 2.45) is 5.84 Å². The number of rotatable bonds is 3. The molecule has 3 nitrogen and oxygen atoms in total. The lowest BCUT2D eigenvalue weighted by Crippen LogP contribution is -2.29. The van der Waals surface area contributed by atoms with E-state index in [0.29, 0.717) is 5.56 Å². The molecule has 1 atom stereocenters. The number of hydrogen-bond acceptors (Lipinski definition) is 3. The van der Waals surface area contributed by atoms with Crippen molar-refractivity contribution in [2.75, 3.05) is 0 Å². The van der Waals surface area contributed by atoms with Crippen LogP contribution < -0.4 is 11.3 Å². The van der Waals surface area contributed by atoms with Crippen LogP contribution in [0, 0.1) is 5.82 Å². The van der Waals surface area contributed by atoms with E-state index in [1.54, 1.807) is 6.07 Å². The fraction of sp³-hybridized carbons (Fsp3) is 0.0833. The van der Waals surface area contributed by atoms with Crippen LogP contribution in [0.2, 0.25) is 0 Å². The monoisotopic (exact) mass is 373 g/mol. The Bertz CT molecular complexity index is 543. The minimum atomic E-state index is -0.429. The van der Waals surface area contributed by atoms with Gasteiger partial charge in [-0.3, -0.25) is 10.8 Å². The minimum Gasteiger partial charge on any atom is -0.271 e. The van der Waals surface area contributed by atoms with Gasteiger partial charge in [-0.25, -0.2) is 9.82 Å². The Morgan fingerprint density at radius 2 is 1.89 bits per heavy atom. The van der Waals surface area contributed by atoms with E-state index >= 15 is 0 Å². The molecule has 0 saturated carbocycles. The summed E-state index contributed by atoms with van der Waals surface area (Å²) >= 11 is 6.79. The fourth-order valence-electron chi connectivity index (χ4n) is 1.73. The first-order valence-electron chi connectivity index (χ1n) is 5.13. The van der Waals surface area contributed by atoms with Crippen LogP contribution in [-0.2, 0) is 0 Å². The summed E-state index contributed by atoms with van der Waals surface area (Å²) in [7, 11) is 0. The highest BCUT2D eigenvalue weighted by molar-refractivity contribution is 9.11. The fourth-order valence-corrected chi connectivity index (χ4v) is 3.06. The first-order chi connectivity index (χ1) is 8.61. The number of benzene rings is 1. The molecule has 0 amide bonds. The Hall–Kier alpha value is -0.820. The number of nitrogens with one attached hydrogen (secondary N) is 1. The van der Waals surface area contributed by atoms with E-state index in [2.05, 4.69) is 42.3 Å². The van der Waals surface area contributed by atoms with Crippen molar-refractivity contribution in [3.63, 3.8) is 0 Å². The van der Waals surface area contributed by atoms with Crippen molar-refractivity contribution < 1.29 is 4.39 Å². The molecule has 3 N–H and O–H groups in total. The highest BCUT2D eigenvalue weighted by Gasteiger charge is 2.17. The maximum absolute atomic E-state index is 13.7. The Balaban J connectivity index is 2.48. The van der Waals surface area contributed by atoms with Crippen molar-refractivity contribution in [3.8, 4) is 0 Å². The van der Waals surface area contributed by atoms with E-state index in [0.717, 1.165) is 14.5 Å². The van der Waals surface area contributed by atoms with Crippen molar-refractivity contribution in [1.29, 1.82) is 0 Å². The summed E-state index contributed by atoms with van der Waals surface area (Å²) in [5.74, 6) is 5.15. The molecule has 1 heterocycles. The summed E-state index contributed by atoms with van der Waals surface area (Å²) in [5.41, 5.74) is 3.93. The van der Waals surface area contributed by atoms with Crippen LogP contribution in [0.5, 0.6) is 0 Å². The summed E-state index contributed by atoms with van der Waals surface area (Å²) in [5, 5.41) is 0. The second kappa shape index (κ2) is 5.88. The highest BCUT2D eigenvalue weighted by Crippen LogP contribution is 2.28. The number of hydrazine groups is 1. The van der Waals surface area contributed by atoms with Crippen LogP contribution >= 0.6 is 31.9 Å². The SMILES string of the molecule is NNC(c1cc(Br)cc(Br)c1)c1ccncc1F. The van der Waals surface area contributed by atoms with Crippen LogP contribution in [0.25, 0.3) is 0 Å². The van der Waals surface area contributed by atoms with E-state index in [1.165, 1.54) is 12.4 Å². The van der Waals surface area contributed by atoms with E-state index in [4.69, 9.17) is 5.84 Å². The van der Waals surface area contributed by atoms with Gasteiger partial charge in [0.2, 0.25) is 0 Å². The Morgan fingerprint density at radius 1 is 1.22 bits per heavy atom. The predicted molar refractivity (Wildman–Crippen MR) is 75.2 cm³/mol. The third-order valence-electron chi connectivity index (χ3n) is 2.50. The third kappa shape index (κ3) is 2.95. The number of pyridine rings is 1. The Kier molecular flexibility index (Phi) is 4.45. The summed E-state index contributed by atoms with van der Waals surface area (Å²) in [4.78, 5) is 3.73. The zero-order chi connectivity index (χ0) is 13.1. The van der Waals surface area contributed by atoms with Crippen LogP contribution in [-0.4, -0.2) is 4.98 Å². The van der Waals surface area contributed by atoms with Gasteiger partial charge in [0.25, 0.3) is 0 Å². The number of nitrogens with zero attached hydrogens (tertiary/aromatic N) is 1. The standard InChI is InChI=1S/C12H10Br2FN3/c13-8-3-7(4-9(14)5-8)12(18-16)10-1-2-17-6-11(10)15/h1-6,12,18H,16H2. The summed E-state index contributed by atoms with van der Waals surface area (Å²) in [6, 6.07) is 6.85. The maximum atomic E-state index is 13.7. The topological polar surface area (TPSA) is 50.9 Å². The molecule has 6 heteroatoms. The van der Waals surface area contributed by atoms with E-state index < -0.39 is 11.9 Å². The molecule has 0 aliphatic rings. The largest absolute Gasteiger partial charge is 0.271 e. The van der Waals surface area contributed by atoms with Gasteiger partial charge < -0.3 is 0 Å². The van der Waals surface area contributed by atoms with E-state index in [9.17, 15) is 4.39 Å². The van der Waals surface area contributed by atoms with E-state index in [1.807, 2.05) is 18.2 Å². The quantitative estimate of drug-likeness (QED) is 0.640. The molecule has 0 aliphatic carbocycles. The smallest absolute Gasteiger partial charge is 0.146 e. The van der Waals surface area contributed by atoms with Crippen LogP contribution in [0.3, 0.4) is 0 Å². The summed E-state index contributed by atoms with van der Waals surface area (Å²) < 4.78 is 15.5.